The van der Waals surface area contributed by atoms with Gasteiger partial charge in [-0.3, -0.25) is 9.78 Å². The Morgan fingerprint density at radius 3 is 2.56 bits per heavy atom. The fourth-order valence-electron chi connectivity index (χ4n) is 3.69. The van der Waals surface area contributed by atoms with Crippen molar-refractivity contribution in [2.75, 3.05) is 12.3 Å². The van der Waals surface area contributed by atoms with Gasteiger partial charge in [-0.1, -0.05) is 31.4 Å². The molecule has 1 aromatic rings. The lowest BCUT2D eigenvalue weighted by Crippen LogP contribution is -2.52. The first-order valence-electron chi connectivity index (χ1n) is 11.0. The molecule has 9 nitrogen and oxygen atoms in total. The Kier molecular flexibility index (Phi) is 9.04. The maximum Gasteiger partial charge on any atom is 0.408 e. The van der Waals surface area contributed by atoms with Crippen LogP contribution < -0.4 is 16.4 Å². The summed E-state index contributed by atoms with van der Waals surface area (Å²) in [6.07, 6.45) is 11.1. The van der Waals surface area contributed by atoms with E-state index in [1.807, 2.05) is 0 Å². The van der Waals surface area contributed by atoms with Gasteiger partial charge in [0.25, 0.3) is 0 Å². The van der Waals surface area contributed by atoms with Crippen molar-refractivity contribution < 1.29 is 24.2 Å². The Balaban J connectivity index is 1.93. The molecule has 1 aromatic heterocycles. The largest absolute Gasteiger partial charge is 0.478 e. The number of alkyl carbamates (subject to hydrolysis) is 1. The highest BCUT2D eigenvalue weighted by atomic mass is 16.6. The minimum absolute atomic E-state index is 0.0519. The molecule has 0 aromatic carbocycles. The molecule has 2 amide bonds. The van der Waals surface area contributed by atoms with E-state index in [4.69, 9.17) is 15.6 Å². The molecule has 176 valence electrons. The Morgan fingerprint density at radius 1 is 1.25 bits per heavy atom. The first-order valence-corrected chi connectivity index (χ1v) is 11.0. The van der Waals surface area contributed by atoms with E-state index in [9.17, 15) is 14.4 Å². The van der Waals surface area contributed by atoms with Crippen molar-refractivity contribution in [1.29, 1.82) is 0 Å². The maximum atomic E-state index is 12.8. The smallest absolute Gasteiger partial charge is 0.408 e. The third kappa shape index (κ3) is 7.86. The number of carboxylic acids is 1. The zero-order valence-corrected chi connectivity index (χ0v) is 19.0. The van der Waals surface area contributed by atoms with Crippen LogP contribution in [0.2, 0.25) is 0 Å². The van der Waals surface area contributed by atoms with E-state index in [0.29, 0.717) is 18.5 Å². The van der Waals surface area contributed by atoms with Crippen LogP contribution in [0.5, 0.6) is 0 Å². The molecule has 1 aliphatic rings. The number of carbonyl (C=O) groups excluding carboxylic acids is 2. The summed E-state index contributed by atoms with van der Waals surface area (Å²) >= 11 is 0. The van der Waals surface area contributed by atoms with E-state index >= 15 is 0 Å². The van der Waals surface area contributed by atoms with Crippen molar-refractivity contribution >= 4 is 29.7 Å². The van der Waals surface area contributed by atoms with Crippen LogP contribution in [0.15, 0.2) is 18.5 Å². The summed E-state index contributed by atoms with van der Waals surface area (Å²) in [4.78, 5) is 40.2. The number of hydrogen-bond donors (Lipinski definition) is 4. The predicted octanol–water partition coefficient (Wildman–Crippen LogP) is 3.36. The summed E-state index contributed by atoms with van der Waals surface area (Å²) in [5.41, 5.74) is 5.82. The van der Waals surface area contributed by atoms with Crippen LogP contribution in [-0.4, -0.2) is 46.2 Å². The molecule has 0 spiro atoms. The third-order valence-corrected chi connectivity index (χ3v) is 5.23. The normalized spacial score (nSPS) is 15.8. The summed E-state index contributed by atoms with van der Waals surface area (Å²) in [6, 6.07) is -0.638. The average molecular weight is 447 g/mol. The molecule has 32 heavy (non-hydrogen) atoms. The standard InChI is InChI=1S/C23H34N4O5/c1-23(2,3)32-22(31)27-19(15-9-5-4-6-10-15)20(28)26-12-8-7-11-16-13-25-14-17(18(16)24)21(29)30/h7,11,13-15,19H,4-6,8-10,12H2,1-3H3,(H2,24,25)(H,26,28)(H,27,31)(H,29,30)/b11-7+/t19-/m0/s1. The monoisotopic (exact) mass is 446 g/mol. The van der Waals surface area contributed by atoms with Gasteiger partial charge in [-0.2, -0.15) is 0 Å². The van der Waals surface area contributed by atoms with Crippen LogP contribution in [0.4, 0.5) is 10.5 Å². The van der Waals surface area contributed by atoms with Gasteiger partial charge in [0.1, 0.15) is 17.2 Å². The number of carbonyl (C=O) groups is 3. The molecule has 1 aliphatic carbocycles. The summed E-state index contributed by atoms with van der Waals surface area (Å²) in [5, 5.41) is 14.8. The van der Waals surface area contributed by atoms with E-state index < -0.39 is 23.7 Å². The molecule has 0 saturated heterocycles. The fraction of sp³-hybridized carbons (Fsp3) is 0.565. The van der Waals surface area contributed by atoms with Crippen LogP contribution in [0.3, 0.4) is 0 Å². The molecule has 1 heterocycles. The van der Waals surface area contributed by atoms with E-state index in [-0.39, 0.29) is 23.1 Å². The molecule has 1 atom stereocenters. The first-order chi connectivity index (χ1) is 15.1. The molecule has 1 saturated carbocycles. The van der Waals surface area contributed by atoms with Gasteiger partial charge in [0.15, 0.2) is 0 Å². The number of hydrogen-bond acceptors (Lipinski definition) is 6. The van der Waals surface area contributed by atoms with Crippen molar-refractivity contribution in [2.24, 2.45) is 5.92 Å². The van der Waals surface area contributed by atoms with Crippen LogP contribution in [-0.2, 0) is 9.53 Å². The van der Waals surface area contributed by atoms with Crippen LogP contribution >= 0.6 is 0 Å². The Morgan fingerprint density at radius 2 is 1.94 bits per heavy atom. The van der Waals surface area contributed by atoms with E-state index in [2.05, 4.69) is 15.6 Å². The Labute approximate surface area is 188 Å². The van der Waals surface area contributed by atoms with Gasteiger partial charge in [-0.25, -0.2) is 9.59 Å². The number of ether oxygens (including phenoxy) is 1. The lowest BCUT2D eigenvalue weighted by Gasteiger charge is -2.31. The Hall–Kier alpha value is -3.10. The second-order valence-electron chi connectivity index (χ2n) is 9.00. The van der Waals surface area contributed by atoms with Crippen LogP contribution in [0.25, 0.3) is 6.08 Å². The zero-order chi connectivity index (χ0) is 23.7. The van der Waals surface area contributed by atoms with Crippen molar-refractivity contribution in [3.8, 4) is 0 Å². The number of pyridine rings is 1. The van der Waals surface area contributed by atoms with Gasteiger partial charge in [-0.15, -0.1) is 0 Å². The van der Waals surface area contributed by atoms with Gasteiger partial charge in [0, 0.05) is 24.5 Å². The quantitative estimate of drug-likeness (QED) is 0.448. The zero-order valence-electron chi connectivity index (χ0n) is 19.0. The number of amides is 2. The highest BCUT2D eigenvalue weighted by Crippen LogP contribution is 2.27. The van der Waals surface area contributed by atoms with Crippen molar-refractivity contribution in [3.05, 3.63) is 29.6 Å². The highest BCUT2D eigenvalue weighted by Gasteiger charge is 2.32. The topological polar surface area (TPSA) is 144 Å². The first kappa shape index (κ1) is 25.2. The van der Waals surface area contributed by atoms with Crippen molar-refractivity contribution in [2.45, 2.75) is 70.9 Å². The van der Waals surface area contributed by atoms with Gasteiger partial charge in [0.2, 0.25) is 5.91 Å². The highest BCUT2D eigenvalue weighted by molar-refractivity contribution is 5.95. The summed E-state index contributed by atoms with van der Waals surface area (Å²) < 4.78 is 5.34. The van der Waals surface area contributed by atoms with Crippen LogP contribution in [0.1, 0.15) is 75.2 Å². The third-order valence-electron chi connectivity index (χ3n) is 5.23. The predicted molar refractivity (Wildman–Crippen MR) is 122 cm³/mol. The number of aromatic carboxylic acids is 1. The molecule has 1 fully saturated rings. The summed E-state index contributed by atoms with van der Waals surface area (Å²) in [6.45, 7) is 5.70. The van der Waals surface area contributed by atoms with E-state index in [1.54, 1.807) is 32.9 Å². The Bertz CT molecular complexity index is 841. The van der Waals surface area contributed by atoms with Gasteiger partial charge in [-0.05, 0) is 46.0 Å². The number of nitrogens with two attached hydrogens (primary N) is 1. The minimum atomic E-state index is -1.14. The van der Waals surface area contributed by atoms with Gasteiger partial charge in [0.05, 0.1) is 5.69 Å². The molecule has 0 radical (unpaired) electrons. The number of aromatic nitrogens is 1. The second-order valence-corrected chi connectivity index (χ2v) is 9.00. The fourth-order valence-corrected chi connectivity index (χ4v) is 3.69. The minimum Gasteiger partial charge on any atom is -0.478 e. The number of nitrogens with zero attached hydrogens (tertiary/aromatic N) is 1. The SMILES string of the molecule is CC(C)(C)OC(=O)N[C@H](C(=O)NCC/C=C/c1cncc(C(=O)O)c1N)C1CCCCC1. The molecule has 9 heteroatoms. The number of nitrogens with one attached hydrogen (secondary N) is 2. The van der Waals surface area contributed by atoms with Crippen LogP contribution in [0, 0.1) is 5.92 Å². The average Bonchev–Trinajstić information content (AvgIpc) is 2.72. The van der Waals surface area contributed by atoms with E-state index in [1.165, 1.54) is 12.4 Å². The second kappa shape index (κ2) is 11.5. The number of anilines is 1. The number of rotatable bonds is 8. The molecular weight excluding hydrogens is 412 g/mol. The summed E-state index contributed by atoms with van der Waals surface area (Å²) in [7, 11) is 0. The number of carboxylic acid groups (broad SMARTS) is 1. The lowest BCUT2D eigenvalue weighted by molar-refractivity contribution is -0.124. The van der Waals surface area contributed by atoms with Crippen molar-refractivity contribution in [1.82, 2.24) is 15.6 Å². The molecule has 0 bridgehead atoms. The van der Waals surface area contributed by atoms with Gasteiger partial charge >= 0.3 is 12.1 Å². The van der Waals surface area contributed by atoms with Crippen molar-refractivity contribution in [3.63, 3.8) is 0 Å². The maximum absolute atomic E-state index is 12.8. The molecule has 0 unspecified atom stereocenters. The van der Waals surface area contributed by atoms with E-state index in [0.717, 1.165) is 32.1 Å². The molecule has 2 rings (SSSR count). The van der Waals surface area contributed by atoms with Gasteiger partial charge < -0.3 is 26.2 Å². The number of nitrogen functional groups attached to an aromatic ring is 1. The molecular formula is C23H34N4O5. The molecule has 0 aliphatic heterocycles. The summed E-state index contributed by atoms with van der Waals surface area (Å²) in [5.74, 6) is -1.29. The molecule has 5 N–H and O–H groups in total. The lowest BCUT2D eigenvalue weighted by atomic mass is 9.83.